The number of aromatic nitrogens is 2. The van der Waals surface area contributed by atoms with E-state index in [1.54, 1.807) is 12.4 Å². The fourth-order valence-corrected chi connectivity index (χ4v) is 2.79. The molecular formula is C17H23IN6. The van der Waals surface area contributed by atoms with Gasteiger partial charge in [-0.1, -0.05) is 18.2 Å². The number of nitrogens with zero attached hydrogens (tertiary/aromatic N) is 4. The highest BCUT2D eigenvalue weighted by Crippen LogP contribution is 2.20. The Morgan fingerprint density at radius 3 is 2.71 bits per heavy atom. The van der Waals surface area contributed by atoms with Gasteiger partial charge in [0.1, 0.15) is 0 Å². The number of piperidine rings is 1. The number of hydrogen-bond acceptors (Lipinski definition) is 4. The van der Waals surface area contributed by atoms with Gasteiger partial charge in [-0.25, -0.2) is 9.97 Å². The van der Waals surface area contributed by atoms with Crippen LogP contribution < -0.4 is 16.0 Å². The molecule has 24 heavy (non-hydrogen) atoms. The van der Waals surface area contributed by atoms with E-state index in [4.69, 9.17) is 5.73 Å². The number of aliphatic imine (C=N–C) groups is 1. The summed E-state index contributed by atoms with van der Waals surface area (Å²) in [7, 11) is 0. The van der Waals surface area contributed by atoms with E-state index in [0.717, 1.165) is 44.1 Å². The number of nitrogens with two attached hydrogens (primary N) is 1. The van der Waals surface area contributed by atoms with Gasteiger partial charge in [0.15, 0.2) is 5.96 Å². The minimum atomic E-state index is 0. The van der Waals surface area contributed by atoms with Crippen molar-refractivity contribution < 1.29 is 0 Å². The SMILES string of the molecule is I.NC(=NCC1CCCN(c2ncccn2)C1)Nc1ccccc1. The first kappa shape index (κ1) is 18.4. The standard InChI is InChI=1S/C17H22N6.HI/c18-16(22-15-7-2-1-3-8-15)21-12-14-6-4-11-23(13-14)17-19-9-5-10-20-17;/h1-3,5,7-10,14H,4,6,11-13H2,(H3,18,21,22);1H. The first-order valence-corrected chi connectivity index (χ1v) is 7.95. The fourth-order valence-electron chi connectivity index (χ4n) is 2.79. The monoisotopic (exact) mass is 438 g/mol. The van der Waals surface area contributed by atoms with E-state index in [-0.39, 0.29) is 24.0 Å². The van der Waals surface area contributed by atoms with Crippen molar-refractivity contribution in [1.82, 2.24) is 9.97 Å². The van der Waals surface area contributed by atoms with Gasteiger partial charge in [-0.15, -0.1) is 24.0 Å². The summed E-state index contributed by atoms with van der Waals surface area (Å²) in [4.78, 5) is 15.4. The summed E-state index contributed by atoms with van der Waals surface area (Å²) in [6.07, 6.45) is 5.85. The van der Waals surface area contributed by atoms with Gasteiger partial charge in [0.05, 0.1) is 0 Å². The van der Waals surface area contributed by atoms with Crippen molar-refractivity contribution in [3.8, 4) is 0 Å². The van der Waals surface area contributed by atoms with Crippen molar-refractivity contribution in [3.05, 3.63) is 48.8 Å². The summed E-state index contributed by atoms with van der Waals surface area (Å²) in [5.74, 6) is 1.74. The molecule has 3 N–H and O–H groups in total. The zero-order chi connectivity index (χ0) is 15.9. The van der Waals surface area contributed by atoms with Crippen LogP contribution in [0.1, 0.15) is 12.8 Å². The van der Waals surface area contributed by atoms with Gasteiger partial charge < -0.3 is 16.0 Å². The van der Waals surface area contributed by atoms with Crippen LogP contribution in [0.15, 0.2) is 53.8 Å². The highest BCUT2D eigenvalue weighted by atomic mass is 127. The number of guanidine groups is 1. The lowest BCUT2D eigenvalue weighted by atomic mass is 9.98. The van der Waals surface area contributed by atoms with Crippen molar-refractivity contribution >= 4 is 41.6 Å². The third kappa shape index (κ3) is 5.33. The summed E-state index contributed by atoms with van der Waals surface area (Å²) in [5.41, 5.74) is 6.92. The Kier molecular flexibility index (Phi) is 7.23. The Bertz CT molecular complexity index is 634. The zero-order valence-electron chi connectivity index (χ0n) is 13.5. The van der Waals surface area contributed by atoms with Crippen molar-refractivity contribution in [2.75, 3.05) is 29.9 Å². The highest BCUT2D eigenvalue weighted by molar-refractivity contribution is 14.0. The molecular weight excluding hydrogens is 415 g/mol. The summed E-state index contributed by atoms with van der Waals surface area (Å²) in [6.45, 7) is 2.64. The second kappa shape index (κ2) is 9.41. The molecule has 7 heteroatoms. The third-order valence-electron chi connectivity index (χ3n) is 3.92. The number of hydrogen-bond donors (Lipinski definition) is 2. The molecule has 1 atom stereocenters. The maximum atomic E-state index is 5.97. The van der Waals surface area contributed by atoms with Crippen LogP contribution in [-0.4, -0.2) is 35.6 Å². The molecule has 2 heterocycles. The van der Waals surface area contributed by atoms with Gasteiger partial charge in [0.25, 0.3) is 0 Å². The number of halogens is 1. The minimum absolute atomic E-state index is 0. The van der Waals surface area contributed by atoms with Crippen LogP contribution in [0.25, 0.3) is 0 Å². The highest BCUT2D eigenvalue weighted by Gasteiger charge is 2.21. The van der Waals surface area contributed by atoms with E-state index in [1.165, 1.54) is 0 Å². The number of para-hydroxylation sites is 1. The first-order valence-electron chi connectivity index (χ1n) is 7.95. The maximum absolute atomic E-state index is 5.97. The number of rotatable bonds is 4. The van der Waals surface area contributed by atoms with Gasteiger partial charge in [-0.05, 0) is 37.0 Å². The molecule has 0 saturated carbocycles. The summed E-state index contributed by atoms with van der Waals surface area (Å²) in [5, 5.41) is 3.11. The molecule has 0 spiro atoms. The smallest absolute Gasteiger partial charge is 0.225 e. The van der Waals surface area contributed by atoms with E-state index in [9.17, 15) is 0 Å². The average molecular weight is 438 g/mol. The molecule has 0 amide bonds. The molecule has 0 aliphatic carbocycles. The Balaban J connectivity index is 0.00000208. The summed E-state index contributed by atoms with van der Waals surface area (Å²) in [6, 6.07) is 11.7. The van der Waals surface area contributed by atoms with Crippen LogP contribution in [0.3, 0.4) is 0 Å². The van der Waals surface area contributed by atoms with Crippen LogP contribution in [0, 0.1) is 5.92 Å². The van der Waals surface area contributed by atoms with Crippen molar-refractivity contribution in [2.45, 2.75) is 12.8 Å². The lowest BCUT2D eigenvalue weighted by Gasteiger charge is -2.31. The Hall–Kier alpha value is -1.90. The van der Waals surface area contributed by atoms with Crippen LogP contribution in [-0.2, 0) is 0 Å². The lowest BCUT2D eigenvalue weighted by Crippen LogP contribution is -2.38. The molecule has 6 nitrogen and oxygen atoms in total. The molecule has 1 aromatic carbocycles. The van der Waals surface area contributed by atoms with Gasteiger partial charge in [0.2, 0.25) is 5.95 Å². The molecule has 1 fully saturated rings. The minimum Gasteiger partial charge on any atom is -0.370 e. The third-order valence-corrected chi connectivity index (χ3v) is 3.92. The Labute approximate surface area is 159 Å². The lowest BCUT2D eigenvalue weighted by molar-refractivity contribution is 0.420. The molecule has 1 unspecified atom stereocenters. The quantitative estimate of drug-likeness (QED) is 0.436. The topological polar surface area (TPSA) is 79.4 Å². The predicted molar refractivity (Wildman–Crippen MR) is 109 cm³/mol. The predicted octanol–water partition coefficient (Wildman–Crippen LogP) is 2.74. The van der Waals surface area contributed by atoms with Crippen molar-refractivity contribution in [3.63, 3.8) is 0 Å². The molecule has 3 rings (SSSR count). The van der Waals surface area contributed by atoms with E-state index in [2.05, 4.69) is 25.2 Å². The van der Waals surface area contributed by atoms with Gasteiger partial charge in [0, 0.05) is 37.7 Å². The van der Waals surface area contributed by atoms with Gasteiger partial charge in [-0.3, -0.25) is 4.99 Å². The van der Waals surface area contributed by atoms with E-state index >= 15 is 0 Å². The van der Waals surface area contributed by atoms with Crippen molar-refractivity contribution in [1.29, 1.82) is 0 Å². The van der Waals surface area contributed by atoms with Crippen LogP contribution in [0.2, 0.25) is 0 Å². The first-order chi connectivity index (χ1) is 11.3. The maximum Gasteiger partial charge on any atom is 0.225 e. The van der Waals surface area contributed by atoms with Gasteiger partial charge in [-0.2, -0.15) is 0 Å². The largest absolute Gasteiger partial charge is 0.370 e. The molecule has 2 aromatic rings. The molecule has 0 radical (unpaired) electrons. The molecule has 1 aromatic heterocycles. The van der Waals surface area contributed by atoms with E-state index in [0.29, 0.717) is 11.9 Å². The van der Waals surface area contributed by atoms with Crippen molar-refractivity contribution in [2.24, 2.45) is 16.6 Å². The molecule has 128 valence electrons. The Morgan fingerprint density at radius 1 is 1.21 bits per heavy atom. The molecule has 1 aliphatic heterocycles. The average Bonchev–Trinajstić information content (AvgIpc) is 2.62. The van der Waals surface area contributed by atoms with E-state index < -0.39 is 0 Å². The van der Waals surface area contributed by atoms with Crippen LogP contribution >= 0.6 is 24.0 Å². The van der Waals surface area contributed by atoms with Crippen LogP contribution in [0.4, 0.5) is 11.6 Å². The van der Waals surface area contributed by atoms with Gasteiger partial charge >= 0.3 is 0 Å². The Morgan fingerprint density at radius 2 is 1.96 bits per heavy atom. The molecule has 1 saturated heterocycles. The number of anilines is 2. The number of benzene rings is 1. The summed E-state index contributed by atoms with van der Waals surface area (Å²) >= 11 is 0. The number of nitrogens with one attached hydrogen (secondary N) is 1. The second-order valence-electron chi connectivity index (χ2n) is 5.72. The second-order valence-corrected chi connectivity index (χ2v) is 5.72. The van der Waals surface area contributed by atoms with Crippen LogP contribution in [0.5, 0.6) is 0 Å². The molecule has 1 aliphatic rings. The summed E-state index contributed by atoms with van der Waals surface area (Å²) < 4.78 is 0. The molecule has 0 bridgehead atoms. The normalized spacial score (nSPS) is 17.9. The van der Waals surface area contributed by atoms with E-state index in [1.807, 2.05) is 36.4 Å². The zero-order valence-corrected chi connectivity index (χ0v) is 15.8. The fraction of sp³-hybridized carbons (Fsp3) is 0.353.